The SMILES string of the molecule is CC(C)(O)[C@@H]1CC[C@](C)([C@@H]2CC[C@](C)([C@H]3CC[C@@H]([C@]4(C)CC[C@H]([C@]5(C)CC[C@H](C(C)(C)O)O5)O4)O3)O2)O1. The molecule has 0 aliphatic carbocycles. The number of hydrogen-bond acceptors (Lipinski definition) is 7. The number of hydrogen-bond donors (Lipinski definition) is 2. The zero-order valence-electron chi connectivity index (χ0n) is 24.5. The highest BCUT2D eigenvalue weighted by Gasteiger charge is 2.58. The molecule has 0 aromatic carbocycles. The van der Waals surface area contributed by atoms with Gasteiger partial charge in [0.25, 0.3) is 0 Å². The minimum absolute atomic E-state index is 0.0124. The molecule has 0 spiro atoms. The van der Waals surface area contributed by atoms with E-state index in [0.717, 1.165) is 64.2 Å². The van der Waals surface area contributed by atoms with E-state index >= 15 is 0 Å². The van der Waals surface area contributed by atoms with Gasteiger partial charge < -0.3 is 33.9 Å². The van der Waals surface area contributed by atoms with E-state index in [1.807, 2.05) is 27.7 Å². The first-order valence-electron chi connectivity index (χ1n) is 14.8. The molecule has 5 aliphatic heterocycles. The van der Waals surface area contributed by atoms with E-state index in [0.29, 0.717) is 0 Å². The fourth-order valence-corrected chi connectivity index (χ4v) is 7.78. The molecule has 5 saturated heterocycles. The van der Waals surface area contributed by atoms with Crippen molar-refractivity contribution >= 4 is 0 Å². The lowest BCUT2D eigenvalue weighted by Gasteiger charge is -2.39. The molecule has 5 fully saturated rings. The fraction of sp³-hybridized carbons (Fsp3) is 1.00. The second-order valence-corrected chi connectivity index (χ2v) is 14.8. The number of aliphatic hydroxyl groups is 2. The normalized spacial score (nSPS) is 51.4. The van der Waals surface area contributed by atoms with Gasteiger partial charge in [-0.15, -0.1) is 0 Å². The van der Waals surface area contributed by atoms with Crippen LogP contribution in [0.15, 0.2) is 0 Å². The molecule has 0 aromatic rings. The molecule has 5 rings (SSSR count). The molecular weight excluding hydrogens is 472 g/mol. The summed E-state index contributed by atoms with van der Waals surface area (Å²) in [6.07, 6.45) is 9.04. The van der Waals surface area contributed by atoms with E-state index in [1.54, 1.807) is 0 Å². The molecule has 214 valence electrons. The van der Waals surface area contributed by atoms with Crippen LogP contribution in [0.1, 0.15) is 120 Å². The molecule has 37 heavy (non-hydrogen) atoms. The van der Waals surface area contributed by atoms with Gasteiger partial charge in [-0.3, -0.25) is 0 Å². The van der Waals surface area contributed by atoms with E-state index in [9.17, 15) is 10.2 Å². The average molecular weight is 525 g/mol. The second-order valence-electron chi connectivity index (χ2n) is 14.8. The fourth-order valence-electron chi connectivity index (χ4n) is 7.78. The minimum Gasteiger partial charge on any atom is -0.388 e. The maximum Gasteiger partial charge on any atom is 0.0921 e. The van der Waals surface area contributed by atoms with Crippen LogP contribution in [0, 0.1) is 0 Å². The lowest BCUT2D eigenvalue weighted by Crippen LogP contribution is -2.48. The third kappa shape index (κ3) is 5.16. The molecular formula is C30H52O7. The van der Waals surface area contributed by atoms with Crippen LogP contribution in [0.4, 0.5) is 0 Å². The predicted molar refractivity (Wildman–Crippen MR) is 141 cm³/mol. The van der Waals surface area contributed by atoms with Gasteiger partial charge in [0.15, 0.2) is 0 Å². The van der Waals surface area contributed by atoms with Gasteiger partial charge in [-0.2, -0.15) is 0 Å². The molecule has 7 heteroatoms. The molecule has 7 nitrogen and oxygen atoms in total. The van der Waals surface area contributed by atoms with E-state index < -0.39 is 11.2 Å². The molecule has 0 aromatic heterocycles. The minimum atomic E-state index is -0.841. The standard InChI is InChI=1S/C30H52O7/c1-25(2,31)19-11-15-29(7,34-19)23-13-17-27(5,36-23)21-9-10-22(33-21)28(6)18-14-24(37-28)30(8)16-12-20(35-30)26(3,4)32/h19-24,31-32H,9-18H2,1-8H3/t19-,20+,21+,22-,23-,24+,27+,28-,29+,30-. The molecule has 0 bridgehead atoms. The zero-order chi connectivity index (χ0) is 27.1. The quantitative estimate of drug-likeness (QED) is 0.515. The molecule has 5 aliphatic rings. The number of ether oxygens (including phenoxy) is 5. The van der Waals surface area contributed by atoms with E-state index in [-0.39, 0.29) is 59.0 Å². The summed E-state index contributed by atoms with van der Waals surface area (Å²) in [4.78, 5) is 0. The maximum absolute atomic E-state index is 10.5. The summed E-state index contributed by atoms with van der Waals surface area (Å²) in [7, 11) is 0. The summed E-state index contributed by atoms with van der Waals surface area (Å²) >= 11 is 0. The first-order valence-corrected chi connectivity index (χ1v) is 14.8. The third-order valence-electron chi connectivity index (χ3n) is 10.6. The monoisotopic (exact) mass is 524 g/mol. The highest BCUT2D eigenvalue weighted by atomic mass is 16.6. The summed E-state index contributed by atoms with van der Waals surface area (Å²) in [5, 5.41) is 20.9. The Kier molecular flexibility index (Phi) is 6.96. The Labute approximate surface area is 223 Å². The van der Waals surface area contributed by atoms with Crippen molar-refractivity contribution in [3.05, 3.63) is 0 Å². The lowest BCUT2D eigenvalue weighted by atomic mass is 9.89. The second kappa shape index (κ2) is 9.12. The summed E-state index contributed by atoms with van der Waals surface area (Å²) < 4.78 is 33.1. The molecule has 0 amide bonds. The van der Waals surface area contributed by atoms with Gasteiger partial charge in [0.2, 0.25) is 0 Å². The van der Waals surface area contributed by atoms with Crippen LogP contribution in [0.3, 0.4) is 0 Å². The predicted octanol–water partition coefficient (Wildman–Crippen LogP) is 4.83. The van der Waals surface area contributed by atoms with Crippen LogP contribution < -0.4 is 0 Å². The summed E-state index contributed by atoms with van der Waals surface area (Å²) in [5.74, 6) is 0. The summed E-state index contributed by atoms with van der Waals surface area (Å²) in [6.45, 7) is 16.0. The van der Waals surface area contributed by atoms with E-state index in [2.05, 4.69) is 27.7 Å². The van der Waals surface area contributed by atoms with Gasteiger partial charge >= 0.3 is 0 Å². The Bertz CT molecular complexity index is 782. The lowest BCUT2D eigenvalue weighted by molar-refractivity contribution is -0.214. The van der Waals surface area contributed by atoms with Crippen molar-refractivity contribution in [1.29, 1.82) is 0 Å². The van der Waals surface area contributed by atoms with Crippen molar-refractivity contribution in [2.45, 2.75) is 190 Å². The van der Waals surface area contributed by atoms with Gasteiger partial charge in [-0.1, -0.05) is 0 Å². The smallest absolute Gasteiger partial charge is 0.0921 e. The van der Waals surface area contributed by atoms with E-state index in [1.165, 1.54) is 0 Å². The van der Waals surface area contributed by atoms with Gasteiger partial charge in [0.05, 0.1) is 70.2 Å². The van der Waals surface area contributed by atoms with Gasteiger partial charge in [0, 0.05) is 0 Å². The van der Waals surface area contributed by atoms with Crippen LogP contribution in [-0.2, 0) is 23.7 Å². The Morgan fingerprint density at radius 3 is 1.14 bits per heavy atom. The van der Waals surface area contributed by atoms with Crippen LogP contribution >= 0.6 is 0 Å². The van der Waals surface area contributed by atoms with Crippen molar-refractivity contribution < 1.29 is 33.9 Å². The molecule has 0 radical (unpaired) electrons. The Hall–Kier alpha value is -0.280. The molecule has 0 unspecified atom stereocenters. The summed E-state index contributed by atoms with van der Waals surface area (Å²) in [5.41, 5.74) is -3.10. The van der Waals surface area contributed by atoms with Gasteiger partial charge in [0.1, 0.15) is 0 Å². The van der Waals surface area contributed by atoms with Crippen molar-refractivity contribution in [2.24, 2.45) is 0 Å². The Morgan fingerprint density at radius 2 is 0.811 bits per heavy atom. The van der Waals surface area contributed by atoms with Crippen molar-refractivity contribution in [3.63, 3.8) is 0 Å². The zero-order valence-corrected chi connectivity index (χ0v) is 24.5. The maximum atomic E-state index is 10.5. The van der Waals surface area contributed by atoms with Crippen LogP contribution in [0.5, 0.6) is 0 Å². The highest BCUT2D eigenvalue weighted by Crippen LogP contribution is 2.51. The third-order valence-corrected chi connectivity index (χ3v) is 10.6. The van der Waals surface area contributed by atoms with E-state index in [4.69, 9.17) is 23.7 Å². The van der Waals surface area contributed by atoms with Gasteiger partial charge in [-0.05, 0) is 120 Å². The first kappa shape index (κ1) is 28.3. The number of rotatable bonds is 6. The topological polar surface area (TPSA) is 86.6 Å². The van der Waals surface area contributed by atoms with Gasteiger partial charge in [-0.25, -0.2) is 0 Å². The average Bonchev–Trinajstić information content (AvgIpc) is 3.57. The largest absolute Gasteiger partial charge is 0.388 e. The summed E-state index contributed by atoms with van der Waals surface area (Å²) in [6, 6.07) is 0. The molecule has 5 heterocycles. The van der Waals surface area contributed by atoms with Crippen molar-refractivity contribution in [2.75, 3.05) is 0 Å². The Balaban J connectivity index is 1.18. The molecule has 10 atom stereocenters. The van der Waals surface area contributed by atoms with Crippen LogP contribution in [0.2, 0.25) is 0 Å². The Morgan fingerprint density at radius 1 is 0.486 bits per heavy atom. The first-order chi connectivity index (χ1) is 17.0. The highest BCUT2D eigenvalue weighted by molar-refractivity contribution is 5.07. The van der Waals surface area contributed by atoms with Crippen LogP contribution in [0.25, 0.3) is 0 Å². The molecule has 2 N–H and O–H groups in total. The van der Waals surface area contributed by atoms with Crippen molar-refractivity contribution in [3.8, 4) is 0 Å². The van der Waals surface area contributed by atoms with Crippen molar-refractivity contribution in [1.82, 2.24) is 0 Å². The molecule has 0 saturated carbocycles. The van der Waals surface area contributed by atoms with Crippen LogP contribution in [-0.4, -0.2) is 80.4 Å².